The van der Waals surface area contributed by atoms with Gasteiger partial charge in [-0.2, -0.15) is 0 Å². The number of halogens is 9. The van der Waals surface area contributed by atoms with Gasteiger partial charge in [-0.25, -0.2) is 39.5 Å². The first-order valence-electron chi connectivity index (χ1n) is 32.7. The summed E-state index contributed by atoms with van der Waals surface area (Å²) < 4.78 is 179. The van der Waals surface area contributed by atoms with E-state index >= 15 is 39.5 Å². The largest absolute Gasteiger partial charge is 0.642 e. The van der Waals surface area contributed by atoms with Gasteiger partial charge in [0, 0.05) is 17.8 Å². The van der Waals surface area contributed by atoms with Crippen LogP contribution in [0.2, 0.25) is 0 Å². The van der Waals surface area contributed by atoms with Crippen LogP contribution in [0.25, 0.3) is 0 Å². The van der Waals surface area contributed by atoms with E-state index in [1.165, 1.54) is 109 Å². The van der Waals surface area contributed by atoms with Crippen LogP contribution in [0, 0.1) is 115 Å². The van der Waals surface area contributed by atoms with E-state index in [-0.39, 0.29) is 52.6 Å². The van der Waals surface area contributed by atoms with Crippen molar-refractivity contribution >= 4 is 7.32 Å². The second-order valence-electron chi connectivity index (χ2n) is 25.7. The number of benzene rings is 9. The molecule has 0 N–H and O–H groups in total. The molecule has 0 radical (unpaired) electrons. The lowest BCUT2D eigenvalue weighted by molar-refractivity contribution is -0.0903. The Morgan fingerprint density at radius 2 is 0.436 bits per heavy atom. The van der Waals surface area contributed by atoms with Crippen molar-refractivity contribution in [3.05, 3.63) is 316 Å². The minimum absolute atomic E-state index is 0.110. The Labute approximate surface area is 549 Å². The Balaban J connectivity index is 1.63. The molecule has 94 heavy (non-hydrogen) atoms. The fraction of sp³-hybridized carbons (Fsp3) is 0.333. The molecule has 0 spiro atoms. The fourth-order valence-corrected chi connectivity index (χ4v) is 14.6. The molecule has 0 aliphatic rings. The smallest absolute Gasteiger partial charge is 0.371 e. The highest BCUT2D eigenvalue weighted by atomic mass is 19.2. The monoisotopic (exact) mass is 1290 g/mol. The Bertz CT molecular complexity index is 3590. The highest BCUT2D eigenvalue weighted by Crippen LogP contribution is 2.59. The highest BCUT2D eigenvalue weighted by Gasteiger charge is 2.59. The molecule has 0 amide bonds. The van der Waals surface area contributed by atoms with E-state index in [0.717, 1.165) is 0 Å². The minimum atomic E-state index is -2.45. The van der Waals surface area contributed by atoms with Gasteiger partial charge in [0.25, 0.3) is 0 Å². The molecule has 0 fully saturated rings. The van der Waals surface area contributed by atoms with Crippen LogP contribution in [-0.2, 0) is 30.8 Å². The second-order valence-corrected chi connectivity index (χ2v) is 25.7. The zero-order chi connectivity index (χ0) is 68.0. The van der Waals surface area contributed by atoms with Crippen LogP contribution in [0.5, 0.6) is 0 Å². The Morgan fingerprint density at radius 1 is 0.266 bits per heavy atom. The normalized spacial score (nSPS) is 13.1. The molecule has 9 rings (SSSR count). The van der Waals surface area contributed by atoms with E-state index in [0.29, 0.717) is 105 Å². The lowest BCUT2D eigenvalue weighted by Gasteiger charge is -2.51. The molecule has 0 aliphatic carbocycles. The van der Waals surface area contributed by atoms with E-state index in [1.807, 2.05) is 20.8 Å². The lowest BCUT2D eigenvalue weighted by atomic mass is 9.65. The molecule has 0 aliphatic heterocycles. The Kier molecular flexibility index (Phi) is 22.5. The molecule has 3 atom stereocenters. The van der Waals surface area contributed by atoms with Gasteiger partial charge in [0.1, 0.15) is 69.2 Å². The average Bonchev–Trinajstić information content (AvgIpc) is 0.720. The molecule has 0 saturated carbocycles. The Morgan fingerprint density at radius 3 is 0.617 bits per heavy atom. The molecule has 0 bridgehead atoms. The van der Waals surface area contributed by atoms with Crippen molar-refractivity contribution in [2.75, 3.05) is 0 Å². The summed E-state index contributed by atoms with van der Waals surface area (Å²) in [7, 11) is -2.45. The van der Waals surface area contributed by atoms with E-state index < -0.39 is 94.2 Å². The zero-order valence-electron chi connectivity index (χ0n) is 55.9. The van der Waals surface area contributed by atoms with Crippen LogP contribution in [0.3, 0.4) is 0 Å². The van der Waals surface area contributed by atoms with Crippen LogP contribution in [0.1, 0.15) is 196 Å². The summed E-state index contributed by atoms with van der Waals surface area (Å²) in [6.45, 7) is 21.7. The lowest BCUT2D eigenvalue weighted by Crippen LogP contribution is -2.55. The summed E-state index contributed by atoms with van der Waals surface area (Å²) >= 11 is 0. The summed E-state index contributed by atoms with van der Waals surface area (Å²) in [6.07, 6.45) is 3.33. The van der Waals surface area contributed by atoms with Crippen molar-refractivity contribution in [3.63, 3.8) is 0 Å². The predicted octanol–water partition coefficient (Wildman–Crippen LogP) is 22.8. The van der Waals surface area contributed by atoms with E-state index in [9.17, 15) is 0 Å². The molecule has 492 valence electrons. The summed E-state index contributed by atoms with van der Waals surface area (Å²) in [5.41, 5.74) is -1.07. The molecule has 13 heteroatoms. The van der Waals surface area contributed by atoms with Gasteiger partial charge in [0.15, 0.2) is 0 Å². The molecular weight excluding hydrogens is 1200 g/mol. The van der Waals surface area contributed by atoms with Crippen molar-refractivity contribution < 1.29 is 53.5 Å². The summed E-state index contributed by atoms with van der Waals surface area (Å²) in [6, 6.07) is 37.6. The first-order chi connectivity index (χ1) is 44.8. The second kappa shape index (κ2) is 29.9. The van der Waals surface area contributed by atoms with Crippen LogP contribution >= 0.6 is 0 Å². The van der Waals surface area contributed by atoms with E-state index in [4.69, 9.17) is 14.0 Å². The number of rotatable bonds is 27. The third kappa shape index (κ3) is 14.3. The standard InChI is InChI=1S/C81H84BF9O3/c1-13-16-19-70(67-40-58(83)31-22-49(67)4)79(73-43-61(86)34-25-52(73)7,74-44-62(87)35-26-53(74)8)92-82(93-80(75-45-63(88)36-27-54(75)9,76-46-64(89)37-28-55(76)10)71(20-17-14-2)68-41-59(84)32-23-50(68)5)94-81(77-47-65(90)38-29-56(77)11,78-48-66(91)39-30-57(78)12)72(21-18-15-3)69-42-60(85)33-24-51(69)6/h22-48,70-72H,13-21H2,1-12H3. The molecular formula is C81H84BF9O3. The van der Waals surface area contributed by atoms with Crippen molar-refractivity contribution in [1.29, 1.82) is 0 Å². The molecule has 0 saturated heterocycles. The summed E-state index contributed by atoms with van der Waals surface area (Å²) in [5.74, 6) is -9.84. The van der Waals surface area contributed by atoms with Gasteiger partial charge >= 0.3 is 7.32 Å². The predicted molar refractivity (Wildman–Crippen MR) is 358 cm³/mol. The van der Waals surface area contributed by atoms with Gasteiger partial charge in [-0.1, -0.05) is 114 Å². The average molecular weight is 1290 g/mol. The van der Waals surface area contributed by atoms with Crippen molar-refractivity contribution in [3.8, 4) is 0 Å². The Hall–Kier alpha value is -7.71. The van der Waals surface area contributed by atoms with Gasteiger partial charge in [0.05, 0.1) is 0 Å². The van der Waals surface area contributed by atoms with Crippen molar-refractivity contribution in [2.24, 2.45) is 0 Å². The molecule has 9 aromatic carbocycles. The van der Waals surface area contributed by atoms with E-state index in [2.05, 4.69) is 0 Å². The quantitative estimate of drug-likeness (QED) is 0.0379. The fourth-order valence-electron chi connectivity index (χ4n) is 14.6. The minimum Gasteiger partial charge on any atom is -0.371 e. The first kappa shape index (κ1) is 70.6. The molecule has 9 aromatic rings. The number of aryl methyl sites for hydroxylation is 9. The third-order valence-corrected chi connectivity index (χ3v) is 19.3. The number of hydrogen-bond donors (Lipinski definition) is 0. The van der Waals surface area contributed by atoms with Crippen LogP contribution < -0.4 is 0 Å². The van der Waals surface area contributed by atoms with Gasteiger partial charge in [-0.05, 0) is 291 Å². The number of hydrogen-bond acceptors (Lipinski definition) is 3. The number of unbranched alkanes of at least 4 members (excludes halogenated alkanes) is 3. The van der Waals surface area contributed by atoms with Crippen molar-refractivity contribution in [2.45, 2.75) is 175 Å². The maximum absolute atomic E-state index is 17.2. The van der Waals surface area contributed by atoms with Gasteiger partial charge in [-0.3, -0.25) is 0 Å². The summed E-state index contributed by atoms with van der Waals surface area (Å²) in [4.78, 5) is 0. The van der Waals surface area contributed by atoms with Gasteiger partial charge < -0.3 is 14.0 Å². The molecule has 3 unspecified atom stereocenters. The zero-order valence-corrected chi connectivity index (χ0v) is 55.9. The summed E-state index contributed by atoms with van der Waals surface area (Å²) in [5, 5.41) is 0. The topological polar surface area (TPSA) is 27.7 Å². The molecule has 3 nitrogen and oxygen atoms in total. The molecule has 0 aromatic heterocycles. The van der Waals surface area contributed by atoms with Crippen LogP contribution in [-0.4, -0.2) is 7.32 Å². The highest BCUT2D eigenvalue weighted by molar-refractivity contribution is 6.37. The van der Waals surface area contributed by atoms with E-state index in [1.54, 1.807) is 117 Å². The molecule has 0 heterocycles. The SMILES string of the molecule is CCCCC(c1cc(F)ccc1C)C(OB(OC(c1cc(F)ccc1C)(c1cc(F)ccc1C)C(CCCC)c1cc(F)ccc1C)OC(c1cc(F)ccc1C)(c1cc(F)ccc1C)C(CCCC)c1cc(F)ccc1C)(c1cc(F)ccc1C)c1cc(F)ccc1C. The maximum Gasteiger partial charge on any atom is 0.642 e. The van der Waals surface area contributed by atoms with Crippen LogP contribution in [0.4, 0.5) is 39.5 Å². The van der Waals surface area contributed by atoms with Crippen molar-refractivity contribution in [1.82, 2.24) is 0 Å². The first-order valence-corrected chi connectivity index (χ1v) is 32.7. The third-order valence-electron chi connectivity index (χ3n) is 19.3. The van der Waals surface area contributed by atoms with Crippen LogP contribution in [0.15, 0.2) is 164 Å². The van der Waals surface area contributed by atoms with Gasteiger partial charge in [-0.15, -0.1) is 0 Å². The maximum atomic E-state index is 17.2. The van der Waals surface area contributed by atoms with Gasteiger partial charge in [0.2, 0.25) is 0 Å².